The zero-order valence-electron chi connectivity index (χ0n) is 8.65. The second-order valence-electron chi connectivity index (χ2n) is 3.39. The fourth-order valence-corrected chi connectivity index (χ4v) is 1.43. The van der Waals surface area contributed by atoms with Gasteiger partial charge in [0.05, 0.1) is 5.69 Å². The van der Waals surface area contributed by atoms with E-state index in [2.05, 4.69) is 4.98 Å². The van der Waals surface area contributed by atoms with Crippen LogP contribution >= 0.6 is 0 Å². The van der Waals surface area contributed by atoms with Crippen molar-refractivity contribution < 1.29 is 15.2 Å². The van der Waals surface area contributed by atoms with E-state index >= 15 is 0 Å². The predicted octanol–water partition coefficient (Wildman–Crippen LogP) is -0.871. The summed E-state index contributed by atoms with van der Waals surface area (Å²) in [5.41, 5.74) is 0.853. The van der Waals surface area contributed by atoms with Crippen LogP contribution < -0.4 is 5.46 Å². The van der Waals surface area contributed by atoms with Gasteiger partial charge < -0.3 is 19.7 Å². The Balaban J connectivity index is 2.41. The minimum atomic E-state index is -1.72. The molecule has 84 valence electrons. The van der Waals surface area contributed by atoms with E-state index in [1.807, 2.05) is 6.07 Å². The molecule has 0 aliphatic carbocycles. The van der Waals surface area contributed by atoms with Crippen LogP contribution in [0.15, 0.2) is 30.7 Å². The van der Waals surface area contributed by atoms with Crippen molar-refractivity contribution in [3.63, 3.8) is 0 Å². The summed E-state index contributed by atoms with van der Waals surface area (Å²) in [7, 11) is -1.72. The average Bonchev–Trinajstić information content (AvgIpc) is 2.76. The van der Waals surface area contributed by atoms with Crippen molar-refractivity contribution in [2.45, 2.75) is 0 Å². The molecule has 17 heavy (non-hydrogen) atoms. The highest BCUT2D eigenvalue weighted by molar-refractivity contribution is 6.59. The van der Waals surface area contributed by atoms with E-state index in [0.29, 0.717) is 5.69 Å². The largest absolute Gasteiger partial charge is 0.508 e. The second kappa shape index (κ2) is 4.29. The Hall–Kier alpha value is -2.30. The number of nitrogens with zero attached hydrogens (tertiary/aromatic N) is 3. The lowest BCUT2D eigenvalue weighted by molar-refractivity contribution is 0.419. The average molecular weight is 229 g/mol. The van der Waals surface area contributed by atoms with Gasteiger partial charge in [0, 0.05) is 17.7 Å². The third-order valence-corrected chi connectivity index (χ3v) is 2.29. The fourth-order valence-electron chi connectivity index (χ4n) is 1.43. The van der Waals surface area contributed by atoms with Crippen molar-refractivity contribution in [2.75, 3.05) is 0 Å². The van der Waals surface area contributed by atoms with Crippen molar-refractivity contribution in [2.24, 2.45) is 0 Å². The van der Waals surface area contributed by atoms with E-state index in [1.54, 1.807) is 10.6 Å². The number of hydrogen-bond donors (Lipinski definition) is 3. The molecule has 0 saturated heterocycles. The van der Waals surface area contributed by atoms with Crippen LogP contribution in [-0.4, -0.2) is 31.8 Å². The molecule has 3 N–H and O–H groups in total. The summed E-state index contributed by atoms with van der Waals surface area (Å²) in [6.07, 6.45) is 2.94. The Morgan fingerprint density at radius 2 is 2.12 bits per heavy atom. The Kier molecular flexibility index (Phi) is 2.83. The molecule has 2 rings (SSSR count). The van der Waals surface area contributed by atoms with Crippen molar-refractivity contribution >= 4 is 12.6 Å². The van der Waals surface area contributed by atoms with E-state index < -0.39 is 7.12 Å². The maximum Gasteiger partial charge on any atom is 0.492 e. The van der Waals surface area contributed by atoms with Crippen LogP contribution in [0.4, 0.5) is 0 Å². The van der Waals surface area contributed by atoms with Crippen molar-refractivity contribution in [1.29, 1.82) is 5.26 Å². The molecule has 0 saturated carbocycles. The molecule has 0 spiro atoms. The van der Waals surface area contributed by atoms with Gasteiger partial charge >= 0.3 is 7.12 Å². The van der Waals surface area contributed by atoms with Gasteiger partial charge in [0.25, 0.3) is 0 Å². The molecule has 6 nitrogen and oxygen atoms in total. The molecule has 0 radical (unpaired) electrons. The molecular weight excluding hydrogens is 221 g/mol. The third kappa shape index (κ3) is 2.13. The quantitative estimate of drug-likeness (QED) is 0.581. The van der Waals surface area contributed by atoms with Crippen LogP contribution in [0.3, 0.4) is 0 Å². The lowest BCUT2D eigenvalue weighted by atomic mass is 9.79. The van der Waals surface area contributed by atoms with Crippen LogP contribution in [0, 0.1) is 11.3 Å². The first kappa shape index (κ1) is 11.2. The van der Waals surface area contributed by atoms with Crippen molar-refractivity contribution in [3.05, 3.63) is 36.4 Å². The van der Waals surface area contributed by atoms with Gasteiger partial charge in [-0.25, -0.2) is 4.98 Å². The zero-order valence-corrected chi connectivity index (χ0v) is 8.65. The standard InChI is InChI=1S/C10H8BN3O3/c12-4-7-5-14(6-13-7)8-1-2-9(11(16)17)10(15)3-8/h1-3,5-6,15-17H. The molecule has 0 amide bonds. The lowest BCUT2D eigenvalue weighted by Gasteiger charge is -2.06. The molecule has 1 aromatic carbocycles. The number of imidazole rings is 1. The van der Waals surface area contributed by atoms with Gasteiger partial charge in [-0.2, -0.15) is 5.26 Å². The monoisotopic (exact) mass is 229 g/mol. The topological polar surface area (TPSA) is 102 Å². The van der Waals surface area contributed by atoms with Gasteiger partial charge in [-0.15, -0.1) is 0 Å². The van der Waals surface area contributed by atoms with Crippen LogP contribution in [0.25, 0.3) is 5.69 Å². The summed E-state index contributed by atoms with van der Waals surface area (Å²) >= 11 is 0. The van der Waals surface area contributed by atoms with Crippen molar-refractivity contribution in [1.82, 2.24) is 9.55 Å². The van der Waals surface area contributed by atoms with Gasteiger partial charge in [-0.3, -0.25) is 0 Å². The minimum absolute atomic E-state index is 0.0226. The summed E-state index contributed by atoms with van der Waals surface area (Å²) in [5, 5.41) is 36.1. The molecular formula is C10H8BN3O3. The number of rotatable bonds is 2. The number of hydrogen-bond acceptors (Lipinski definition) is 5. The molecule has 0 aliphatic rings. The van der Waals surface area contributed by atoms with Crippen LogP contribution in [0.2, 0.25) is 0 Å². The van der Waals surface area contributed by atoms with E-state index in [9.17, 15) is 5.11 Å². The molecule has 0 unspecified atom stereocenters. The second-order valence-corrected chi connectivity index (χ2v) is 3.39. The summed E-state index contributed by atoms with van der Waals surface area (Å²) in [6.45, 7) is 0. The highest BCUT2D eigenvalue weighted by atomic mass is 16.4. The van der Waals surface area contributed by atoms with E-state index in [-0.39, 0.29) is 16.9 Å². The third-order valence-electron chi connectivity index (χ3n) is 2.29. The van der Waals surface area contributed by atoms with Crippen LogP contribution in [0.5, 0.6) is 5.75 Å². The predicted molar refractivity (Wildman–Crippen MR) is 59.8 cm³/mol. The smallest absolute Gasteiger partial charge is 0.492 e. The SMILES string of the molecule is N#Cc1cn(-c2ccc(B(O)O)c(O)c2)cn1. The molecule has 0 fully saturated rings. The molecule has 0 bridgehead atoms. The number of aromatic nitrogens is 2. The zero-order chi connectivity index (χ0) is 12.4. The molecule has 2 aromatic rings. The van der Waals surface area contributed by atoms with Gasteiger partial charge in [0.1, 0.15) is 18.1 Å². The van der Waals surface area contributed by atoms with Gasteiger partial charge in [0.15, 0.2) is 5.69 Å². The molecule has 0 aliphatic heterocycles. The summed E-state index contributed by atoms with van der Waals surface area (Å²) in [4.78, 5) is 3.82. The summed E-state index contributed by atoms with van der Waals surface area (Å²) in [6, 6.07) is 6.22. The van der Waals surface area contributed by atoms with Gasteiger partial charge in [0.2, 0.25) is 0 Å². The lowest BCUT2D eigenvalue weighted by Crippen LogP contribution is -2.29. The first-order chi connectivity index (χ1) is 8.11. The normalized spacial score (nSPS) is 9.94. The minimum Gasteiger partial charge on any atom is -0.508 e. The van der Waals surface area contributed by atoms with E-state index in [4.69, 9.17) is 15.3 Å². The number of aromatic hydroxyl groups is 1. The van der Waals surface area contributed by atoms with Crippen LogP contribution in [-0.2, 0) is 0 Å². The first-order valence-corrected chi connectivity index (χ1v) is 4.75. The summed E-state index contributed by atoms with van der Waals surface area (Å²) < 4.78 is 1.55. The van der Waals surface area contributed by atoms with Gasteiger partial charge in [-0.1, -0.05) is 6.07 Å². The number of nitriles is 1. The molecule has 1 heterocycles. The first-order valence-electron chi connectivity index (χ1n) is 4.75. The maximum atomic E-state index is 9.57. The van der Waals surface area contributed by atoms with Crippen LogP contribution in [0.1, 0.15) is 5.69 Å². The molecule has 0 atom stereocenters. The summed E-state index contributed by atoms with van der Waals surface area (Å²) in [5.74, 6) is -0.232. The molecule has 1 aromatic heterocycles. The number of phenolic OH excluding ortho intramolecular Hbond substituents is 1. The fraction of sp³-hybridized carbons (Fsp3) is 0. The highest BCUT2D eigenvalue weighted by Crippen LogP contribution is 2.14. The number of phenols is 1. The van der Waals surface area contributed by atoms with Gasteiger partial charge in [-0.05, 0) is 6.07 Å². The Morgan fingerprint density at radius 1 is 1.35 bits per heavy atom. The molecule has 7 heteroatoms. The maximum absolute atomic E-state index is 9.57. The Labute approximate surface area is 97.2 Å². The Morgan fingerprint density at radius 3 is 2.65 bits per heavy atom. The van der Waals surface area contributed by atoms with Crippen molar-refractivity contribution in [3.8, 4) is 17.5 Å². The number of benzene rings is 1. The Bertz CT molecular complexity index is 589. The van der Waals surface area contributed by atoms with E-state index in [0.717, 1.165) is 0 Å². The van der Waals surface area contributed by atoms with E-state index in [1.165, 1.54) is 24.7 Å². The highest BCUT2D eigenvalue weighted by Gasteiger charge is 2.16.